The third-order valence-electron chi connectivity index (χ3n) is 6.31. The average molecular weight is 414 g/mol. The molecule has 7 nitrogen and oxygen atoms in total. The van der Waals surface area contributed by atoms with Crippen molar-refractivity contribution in [2.24, 2.45) is 11.8 Å². The molecule has 30 heavy (non-hydrogen) atoms. The first kappa shape index (κ1) is 20.7. The fraction of sp³-hybridized carbons (Fsp3) is 0.609. The number of likely N-dealkylation sites (tertiary alicyclic amines) is 2. The van der Waals surface area contributed by atoms with Crippen LogP contribution in [-0.2, 0) is 9.59 Å². The summed E-state index contributed by atoms with van der Waals surface area (Å²) in [6.45, 7) is 5.39. The lowest BCUT2D eigenvalue weighted by Crippen LogP contribution is -2.42. The van der Waals surface area contributed by atoms with Crippen LogP contribution in [0, 0.1) is 11.8 Å². The molecule has 0 unspecified atom stereocenters. The van der Waals surface area contributed by atoms with Gasteiger partial charge in [-0.05, 0) is 38.0 Å². The molecule has 2 saturated heterocycles. The van der Waals surface area contributed by atoms with Crippen LogP contribution in [-0.4, -0.2) is 66.3 Å². The Morgan fingerprint density at radius 2 is 1.93 bits per heavy atom. The van der Waals surface area contributed by atoms with E-state index in [1.165, 1.54) is 0 Å². The molecule has 3 aliphatic rings. The molecule has 0 spiro atoms. The summed E-state index contributed by atoms with van der Waals surface area (Å²) in [6, 6.07) is 7.24. The van der Waals surface area contributed by atoms with Gasteiger partial charge in [0.25, 0.3) is 5.91 Å². The number of piperidine rings is 1. The van der Waals surface area contributed by atoms with Gasteiger partial charge in [0, 0.05) is 69.4 Å². The van der Waals surface area contributed by atoms with Gasteiger partial charge >= 0.3 is 0 Å². The van der Waals surface area contributed by atoms with Crippen LogP contribution in [0.2, 0.25) is 0 Å². The summed E-state index contributed by atoms with van der Waals surface area (Å²) in [7, 11) is 0. The highest BCUT2D eigenvalue weighted by molar-refractivity contribution is 5.94. The van der Waals surface area contributed by atoms with E-state index in [0.717, 1.165) is 45.3 Å². The van der Waals surface area contributed by atoms with Crippen molar-refractivity contribution in [1.82, 2.24) is 15.1 Å². The van der Waals surface area contributed by atoms with E-state index in [9.17, 15) is 14.4 Å². The molecule has 0 radical (unpaired) electrons. The Balaban J connectivity index is 1.25. The van der Waals surface area contributed by atoms with Gasteiger partial charge in [-0.2, -0.15) is 0 Å². The first-order valence-electron chi connectivity index (χ1n) is 11.1. The summed E-state index contributed by atoms with van der Waals surface area (Å²) in [5, 5.41) is 2.95. The van der Waals surface area contributed by atoms with Crippen LogP contribution in [0.15, 0.2) is 24.3 Å². The van der Waals surface area contributed by atoms with Crippen molar-refractivity contribution in [2.75, 3.05) is 32.7 Å². The second kappa shape index (κ2) is 9.06. The van der Waals surface area contributed by atoms with E-state index in [2.05, 4.69) is 5.32 Å². The standard InChI is InChI=1S/C23H31N3O4/c1-2-25-15-16(12-21(25)27)14-24-22(28)18-4-3-5-20(13-18)30-19-8-10-26(11-9-19)23(29)17-6-7-17/h3-5,13,16-17,19H,2,6-12,14-15H2,1H3,(H,24,28)/t16-/m0/s1. The van der Waals surface area contributed by atoms with Crippen molar-refractivity contribution in [3.63, 3.8) is 0 Å². The lowest BCUT2D eigenvalue weighted by molar-refractivity contribution is -0.134. The lowest BCUT2D eigenvalue weighted by Gasteiger charge is -2.32. The van der Waals surface area contributed by atoms with Crippen LogP contribution in [0.4, 0.5) is 0 Å². The first-order valence-corrected chi connectivity index (χ1v) is 11.1. The second-order valence-corrected chi connectivity index (χ2v) is 8.66. The maximum atomic E-state index is 12.6. The minimum atomic E-state index is -0.146. The number of nitrogens with one attached hydrogen (secondary N) is 1. The van der Waals surface area contributed by atoms with Crippen molar-refractivity contribution in [1.29, 1.82) is 0 Å². The minimum absolute atomic E-state index is 0.0658. The van der Waals surface area contributed by atoms with E-state index in [-0.39, 0.29) is 29.8 Å². The Morgan fingerprint density at radius 3 is 2.60 bits per heavy atom. The van der Waals surface area contributed by atoms with Crippen molar-refractivity contribution in [3.05, 3.63) is 29.8 Å². The largest absolute Gasteiger partial charge is 0.490 e. The third-order valence-corrected chi connectivity index (χ3v) is 6.31. The highest BCUT2D eigenvalue weighted by Gasteiger charge is 2.35. The number of benzene rings is 1. The van der Waals surface area contributed by atoms with Gasteiger partial charge in [0.1, 0.15) is 11.9 Å². The van der Waals surface area contributed by atoms with Gasteiger partial charge in [0.15, 0.2) is 0 Å². The number of nitrogens with zero attached hydrogens (tertiary/aromatic N) is 2. The maximum absolute atomic E-state index is 12.6. The van der Waals surface area contributed by atoms with Gasteiger partial charge in [0.2, 0.25) is 11.8 Å². The van der Waals surface area contributed by atoms with Crippen molar-refractivity contribution in [2.45, 2.75) is 45.1 Å². The van der Waals surface area contributed by atoms with Crippen LogP contribution in [0.5, 0.6) is 5.75 Å². The molecule has 0 aromatic heterocycles. The minimum Gasteiger partial charge on any atom is -0.490 e. The van der Waals surface area contributed by atoms with E-state index in [0.29, 0.717) is 36.7 Å². The lowest BCUT2D eigenvalue weighted by atomic mass is 10.1. The number of ether oxygens (including phenoxy) is 1. The van der Waals surface area contributed by atoms with Crippen LogP contribution < -0.4 is 10.1 Å². The molecule has 4 rings (SSSR count). The Bertz CT molecular complexity index is 799. The van der Waals surface area contributed by atoms with Crippen LogP contribution >= 0.6 is 0 Å². The van der Waals surface area contributed by atoms with Crippen LogP contribution in [0.25, 0.3) is 0 Å². The molecule has 1 aromatic rings. The van der Waals surface area contributed by atoms with Gasteiger partial charge in [0.05, 0.1) is 0 Å². The molecule has 7 heteroatoms. The zero-order valence-electron chi connectivity index (χ0n) is 17.6. The molecule has 1 N–H and O–H groups in total. The molecule has 162 valence electrons. The topological polar surface area (TPSA) is 79.0 Å². The number of rotatable bonds is 7. The highest BCUT2D eigenvalue weighted by Crippen LogP contribution is 2.32. The number of amides is 3. The molecular formula is C23H31N3O4. The van der Waals surface area contributed by atoms with Gasteiger partial charge < -0.3 is 19.9 Å². The number of carbonyl (C=O) groups is 3. The van der Waals surface area contributed by atoms with E-state index in [1.54, 1.807) is 12.1 Å². The van der Waals surface area contributed by atoms with E-state index in [4.69, 9.17) is 4.74 Å². The van der Waals surface area contributed by atoms with Crippen LogP contribution in [0.1, 0.15) is 49.4 Å². The predicted octanol–water partition coefficient (Wildman–Crippen LogP) is 2.06. The van der Waals surface area contributed by atoms with Gasteiger partial charge in [-0.1, -0.05) is 6.07 Å². The smallest absolute Gasteiger partial charge is 0.251 e. The van der Waals surface area contributed by atoms with Crippen molar-refractivity contribution in [3.8, 4) is 5.75 Å². The van der Waals surface area contributed by atoms with Crippen molar-refractivity contribution >= 4 is 17.7 Å². The van der Waals surface area contributed by atoms with Gasteiger partial charge in [-0.25, -0.2) is 0 Å². The zero-order valence-corrected chi connectivity index (χ0v) is 17.6. The summed E-state index contributed by atoms with van der Waals surface area (Å²) >= 11 is 0. The third kappa shape index (κ3) is 4.94. The SMILES string of the molecule is CCN1C[C@H](CNC(=O)c2cccc(OC3CCN(C(=O)C4CC4)CC3)c2)CC1=O. The fourth-order valence-electron chi connectivity index (χ4n) is 4.32. The molecule has 1 saturated carbocycles. The Morgan fingerprint density at radius 1 is 1.17 bits per heavy atom. The number of hydrogen-bond acceptors (Lipinski definition) is 4. The van der Waals surface area contributed by atoms with Crippen LogP contribution in [0.3, 0.4) is 0 Å². The van der Waals surface area contributed by atoms with Gasteiger partial charge in [-0.3, -0.25) is 14.4 Å². The number of hydrogen-bond donors (Lipinski definition) is 1. The second-order valence-electron chi connectivity index (χ2n) is 8.66. The van der Waals surface area contributed by atoms with E-state index >= 15 is 0 Å². The Hall–Kier alpha value is -2.57. The van der Waals surface area contributed by atoms with E-state index < -0.39 is 0 Å². The van der Waals surface area contributed by atoms with Gasteiger partial charge in [-0.15, -0.1) is 0 Å². The van der Waals surface area contributed by atoms with E-state index in [1.807, 2.05) is 28.9 Å². The molecule has 3 amide bonds. The monoisotopic (exact) mass is 413 g/mol. The number of carbonyl (C=O) groups excluding carboxylic acids is 3. The highest BCUT2D eigenvalue weighted by atomic mass is 16.5. The first-order chi connectivity index (χ1) is 14.5. The maximum Gasteiger partial charge on any atom is 0.251 e. The summed E-state index contributed by atoms with van der Waals surface area (Å²) in [6.07, 6.45) is 4.28. The molecular weight excluding hydrogens is 382 g/mol. The summed E-state index contributed by atoms with van der Waals surface area (Å²) in [4.78, 5) is 40.4. The molecule has 2 heterocycles. The summed E-state index contributed by atoms with van der Waals surface area (Å²) in [5.41, 5.74) is 0.561. The molecule has 2 aliphatic heterocycles. The fourth-order valence-corrected chi connectivity index (χ4v) is 4.32. The average Bonchev–Trinajstić information content (AvgIpc) is 3.55. The molecule has 3 fully saturated rings. The Labute approximate surface area is 177 Å². The normalized spacial score (nSPS) is 22.3. The molecule has 1 aliphatic carbocycles. The summed E-state index contributed by atoms with van der Waals surface area (Å²) < 4.78 is 6.10. The molecule has 1 atom stereocenters. The van der Waals surface area contributed by atoms with Crippen molar-refractivity contribution < 1.29 is 19.1 Å². The molecule has 1 aromatic carbocycles. The zero-order chi connectivity index (χ0) is 21.1. The Kier molecular flexibility index (Phi) is 6.25. The quantitative estimate of drug-likeness (QED) is 0.742. The predicted molar refractivity (Wildman–Crippen MR) is 112 cm³/mol. The summed E-state index contributed by atoms with van der Waals surface area (Å²) in [5.74, 6) is 1.44. The molecule has 0 bridgehead atoms.